The van der Waals surface area contributed by atoms with Crippen LogP contribution in [-0.4, -0.2) is 47.8 Å². The van der Waals surface area contributed by atoms with Crippen LogP contribution in [0.25, 0.3) is 0 Å². The van der Waals surface area contributed by atoms with Gasteiger partial charge in [-0.05, 0) is 75.4 Å². The molecule has 5 heteroatoms. The fraction of sp³-hybridized carbons (Fsp3) is 0.500. The molecule has 5 nitrogen and oxygen atoms in total. The third kappa shape index (κ3) is 5.83. The van der Waals surface area contributed by atoms with Crippen LogP contribution >= 0.6 is 0 Å². The first kappa shape index (κ1) is 23.5. The summed E-state index contributed by atoms with van der Waals surface area (Å²) in [5.74, 6) is 0.401. The fourth-order valence-corrected chi connectivity index (χ4v) is 5.19. The minimum Gasteiger partial charge on any atom is -0.342 e. The Labute approximate surface area is 198 Å². The number of hydrogen-bond donors (Lipinski definition) is 1. The van der Waals surface area contributed by atoms with Crippen molar-refractivity contribution >= 4 is 17.5 Å². The Kier molecular flexibility index (Phi) is 7.81. The number of aryl methyl sites for hydroxylation is 2. The molecule has 2 aromatic carbocycles. The van der Waals surface area contributed by atoms with E-state index >= 15 is 0 Å². The van der Waals surface area contributed by atoms with Crippen molar-refractivity contribution in [1.82, 2.24) is 9.80 Å². The number of piperidine rings is 1. The van der Waals surface area contributed by atoms with Crippen LogP contribution in [0, 0.1) is 19.8 Å². The summed E-state index contributed by atoms with van der Waals surface area (Å²) in [5.41, 5.74) is 4.05. The lowest BCUT2D eigenvalue weighted by Gasteiger charge is -2.38. The lowest BCUT2D eigenvalue weighted by atomic mass is 9.92. The van der Waals surface area contributed by atoms with E-state index in [2.05, 4.69) is 21.2 Å². The standard InChI is InChI=1S/C28H37N3O2/c1-21-12-13-22(2)25(20-21)29-27(32)26(23-10-6-5-7-11-23)30-18-14-24(15-19-30)28(33)31-16-8-3-4-9-17-31/h5-7,10-13,20,24,26H,3-4,8-9,14-19H2,1-2H3,(H,29,32)/t26-/m0/s1. The van der Waals surface area contributed by atoms with Crippen LogP contribution in [0.4, 0.5) is 5.69 Å². The van der Waals surface area contributed by atoms with E-state index in [0.29, 0.717) is 5.91 Å². The predicted molar refractivity (Wildman–Crippen MR) is 133 cm³/mol. The Morgan fingerprint density at radius 2 is 1.55 bits per heavy atom. The van der Waals surface area contributed by atoms with Crippen molar-refractivity contribution in [3.8, 4) is 0 Å². The second-order valence-corrected chi connectivity index (χ2v) is 9.67. The van der Waals surface area contributed by atoms with Gasteiger partial charge in [-0.25, -0.2) is 0 Å². The van der Waals surface area contributed by atoms with Crippen LogP contribution in [0.3, 0.4) is 0 Å². The first-order chi connectivity index (χ1) is 16.0. The van der Waals surface area contributed by atoms with Gasteiger partial charge in [0.1, 0.15) is 6.04 Å². The van der Waals surface area contributed by atoms with Crippen molar-refractivity contribution in [2.24, 2.45) is 5.92 Å². The van der Waals surface area contributed by atoms with Crippen molar-refractivity contribution in [2.75, 3.05) is 31.5 Å². The molecule has 33 heavy (non-hydrogen) atoms. The Balaban J connectivity index is 1.46. The van der Waals surface area contributed by atoms with Gasteiger partial charge >= 0.3 is 0 Å². The van der Waals surface area contributed by atoms with Gasteiger partial charge in [-0.3, -0.25) is 14.5 Å². The zero-order valence-corrected chi connectivity index (χ0v) is 20.1. The highest BCUT2D eigenvalue weighted by molar-refractivity contribution is 5.96. The quantitative estimate of drug-likeness (QED) is 0.694. The summed E-state index contributed by atoms with van der Waals surface area (Å²) in [6.45, 7) is 7.38. The van der Waals surface area contributed by atoms with Crippen LogP contribution in [0.5, 0.6) is 0 Å². The molecular formula is C28H37N3O2. The molecular weight excluding hydrogens is 410 g/mol. The van der Waals surface area contributed by atoms with Crippen molar-refractivity contribution in [3.05, 3.63) is 65.2 Å². The zero-order chi connectivity index (χ0) is 23.2. The number of anilines is 1. The maximum absolute atomic E-state index is 13.5. The molecule has 2 heterocycles. The number of likely N-dealkylation sites (tertiary alicyclic amines) is 2. The topological polar surface area (TPSA) is 52.7 Å². The Morgan fingerprint density at radius 1 is 0.879 bits per heavy atom. The van der Waals surface area contributed by atoms with Crippen LogP contribution < -0.4 is 5.32 Å². The van der Waals surface area contributed by atoms with E-state index in [0.717, 1.165) is 74.2 Å². The summed E-state index contributed by atoms with van der Waals surface area (Å²) in [7, 11) is 0. The normalized spacial score (nSPS) is 19.0. The number of hydrogen-bond acceptors (Lipinski definition) is 3. The van der Waals surface area contributed by atoms with Gasteiger partial charge in [0.15, 0.2) is 0 Å². The van der Waals surface area contributed by atoms with Crippen LogP contribution in [0.2, 0.25) is 0 Å². The van der Waals surface area contributed by atoms with Crippen LogP contribution in [-0.2, 0) is 9.59 Å². The van der Waals surface area contributed by atoms with Crippen molar-refractivity contribution < 1.29 is 9.59 Å². The summed E-state index contributed by atoms with van der Waals surface area (Å²) >= 11 is 0. The average Bonchev–Trinajstić information content (AvgIpc) is 3.12. The molecule has 0 unspecified atom stereocenters. The molecule has 0 aromatic heterocycles. The average molecular weight is 448 g/mol. The van der Waals surface area contributed by atoms with Gasteiger partial charge < -0.3 is 10.2 Å². The summed E-state index contributed by atoms with van der Waals surface area (Å²) in [4.78, 5) is 31.0. The Hall–Kier alpha value is -2.66. The van der Waals surface area contributed by atoms with Gasteiger partial charge in [-0.2, -0.15) is 0 Å². The second-order valence-electron chi connectivity index (χ2n) is 9.67. The highest BCUT2D eigenvalue weighted by Crippen LogP contribution is 2.30. The third-order valence-electron chi connectivity index (χ3n) is 7.18. The monoisotopic (exact) mass is 447 g/mol. The summed E-state index contributed by atoms with van der Waals surface area (Å²) < 4.78 is 0. The molecule has 176 valence electrons. The number of amides is 2. The van der Waals surface area contributed by atoms with E-state index in [4.69, 9.17) is 0 Å². The van der Waals surface area contributed by atoms with Gasteiger partial charge in [0.2, 0.25) is 11.8 Å². The molecule has 2 aromatic rings. The first-order valence-electron chi connectivity index (χ1n) is 12.5. The number of nitrogens with one attached hydrogen (secondary N) is 1. The largest absolute Gasteiger partial charge is 0.342 e. The number of rotatable bonds is 5. The minimum atomic E-state index is -0.361. The summed E-state index contributed by atoms with van der Waals surface area (Å²) in [5, 5.41) is 3.18. The SMILES string of the molecule is Cc1ccc(C)c(NC(=O)[C@H](c2ccccc2)N2CCC(C(=O)N3CCCCCC3)CC2)c1. The van der Waals surface area contributed by atoms with E-state index in [-0.39, 0.29) is 17.9 Å². The molecule has 4 rings (SSSR count). The van der Waals surface area contributed by atoms with Crippen molar-refractivity contribution in [2.45, 2.75) is 58.4 Å². The molecule has 0 bridgehead atoms. The van der Waals surface area contributed by atoms with Gasteiger partial charge in [0.25, 0.3) is 0 Å². The smallest absolute Gasteiger partial charge is 0.246 e. The van der Waals surface area contributed by atoms with Gasteiger partial charge in [0.05, 0.1) is 0 Å². The molecule has 2 saturated heterocycles. The maximum Gasteiger partial charge on any atom is 0.246 e. The molecule has 2 aliphatic heterocycles. The van der Waals surface area contributed by atoms with Gasteiger partial charge in [0, 0.05) is 24.7 Å². The van der Waals surface area contributed by atoms with E-state index in [1.54, 1.807) is 0 Å². The molecule has 2 aliphatic rings. The van der Waals surface area contributed by atoms with E-state index < -0.39 is 0 Å². The lowest BCUT2D eigenvalue weighted by molar-refractivity contribution is -0.137. The third-order valence-corrected chi connectivity index (χ3v) is 7.18. The van der Waals surface area contributed by atoms with E-state index in [1.165, 1.54) is 12.8 Å². The second kappa shape index (κ2) is 11.0. The van der Waals surface area contributed by atoms with Gasteiger partial charge in [-0.1, -0.05) is 55.3 Å². The molecule has 0 aliphatic carbocycles. The molecule has 0 spiro atoms. The van der Waals surface area contributed by atoms with Crippen LogP contribution in [0.1, 0.15) is 61.3 Å². The molecule has 0 saturated carbocycles. The maximum atomic E-state index is 13.5. The number of carbonyl (C=O) groups is 2. The van der Waals surface area contributed by atoms with Gasteiger partial charge in [-0.15, -0.1) is 0 Å². The van der Waals surface area contributed by atoms with E-state index in [1.807, 2.05) is 56.3 Å². The minimum absolute atomic E-state index is 0.00723. The molecule has 2 fully saturated rings. The van der Waals surface area contributed by atoms with Crippen molar-refractivity contribution in [3.63, 3.8) is 0 Å². The molecule has 1 N–H and O–H groups in total. The summed E-state index contributed by atoms with van der Waals surface area (Å²) in [6.07, 6.45) is 6.34. The molecule has 2 amide bonds. The van der Waals surface area contributed by atoms with E-state index in [9.17, 15) is 9.59 Å². The highest BCUT2D eigenvalue weighted by atomic mass is 16.2. The fourth-order valence-electron chi connectivity index (χ4n) is 5.19. The summed E-state index contributed by atoms with van der Waals surface area (Å²) in [6, 6.07) is 15.8. The lowest BCUT2D eigenvalue weighted by Crippen LogP contribution is -2.46. The predicted octanol–water partition coefficient (Wildman–Crippen LogP) is 5.10. The highest BCUT2D eigenvalue weighted by Gasteiger charge is 2.34. The number of benzene rings is 2. The zero-order valence-electron chi connectivity index (χ0n) is 20.1. The number of carbonyl (C=O) groups excluding carboxylic acids is 2. The Bertz CT molecular complexity index is 943. The molecule has 1 atom stereocenters. The number of nitrogens with zero attached hydrogens (tertiary/aromatic N) is 2. The molecule has 0 radical (unpaired) electrons. The first-order valence-corrected chi connectivity index (χ1v) is 12.5. The van der Waals surface area contributed by atoms with Crippen LogP contribution in [0.15, 0.2) is 48.5 Å². The Morgan fingerprint density at radius 3 is 2.21 bits per heavy atom. The van der Waals surface area contributed by atoms with Crippen molar-refractivity contribution in [1.29, 1.82) is 0 Å².